The summed E-state index contributed by atoms with van der Waals surface area (Å²) in [4.78, 5) is 11.2. The normalized spacial score (nSPS) is 23.2. The number of carbonyl (C=O) groups is 1. The second-order valence-electron chi connectivity index (χ2n) is 3.31. The molecule has 68 valence electrons. The van der Waals surface area contributed by atoms with E-state index in [0.29, 0.717) is 11.5 Å². The summed E-state index contributed by atoms with van der Waals surface area (Å²) in [6, 6.07) is 0. The highest BCUT2D eigenvalue weighted by Gasteiger charge is 2.18. The number of aliphatic hydroxyl groups is 1. The van der Waals surface area contributed by atoms with Crippen LogP contribution >= 0.6 is 0 Å². The van der Waals surface area contributed by atoms with E-state index in [1.807, 2.05) is 13.8 Å². The predicted octanol–water partition coefficient (Wildman–Crippen LogP) is -0.0883. The lowest BCUT2D eigenvalue weighted by molar-refractivity contribution is -0.121. The van der Waals surface area contributed by atoms with E-state index in [4.69, 9.17) is 5.11 Å². The molecule has 4 heteroatoms. The molecule has 1 atom stereocenters. The monoisotopic (exact) mass is 170 g/mol. The van der Waals surface area contributed by atoms with Crippen LogP contribution in [-0.2, 0) is 4.79 Å². The topological polar surface area (TPSA) is 61.4 Å². The van der Waals surface area contributed by atoms with E-state index in [-0.39, 0.29) is 5.91 Å². The maximum Gasteiger partial charge on any atom is 0.252 e. The molecule has 0 saturated carbocycles. The lowest BCUT2D eigenvalue weighted by atomic mass is 10.0. The summed E-state index contributed by atoms with van der Waals surface area (Å²) in [5.41, 5.74) is 0.690. The van der Waals surface area contributed by atoms with Crippen LogP contribution in [0.2, 0.25) is 0 Å². The van der Waals surface area contributed by atoms with Crippen molar-refractivity contribution in [2.75, 3.05) is 0 Å². The molecule has 0 aromatic rings. The summed E-state index contributed by atoms with van der Waals surface area (Å²) in [6.45, 7) is 4.08. The summed E-state index contributed by atoms with van der Waals surface area (Å²) < 4.78 is 0. The minimum atomic E-state index is -0.937. The number of nitrogens with one attached hydrogen (secondary N) is 2. The Bertz CT molecular complexity index is 211. The van der Waals surface area contributed by atoms with Crippen molar-refractivity contribution in [3.8, 4) is 0 Å². The highest BCUT2D eigenvalue weighted by molar-refractivity contribution is 5.94. The number of aliphatic hydroxyl groups excluding tert-OH is 1. The van der Waals surface area contributed by atoms with Gasteiger partial charge in [-0.15, -0.1) is 0 Å². The zero-order chi connectivity index (χ0) is 9.14. The molecule has 0 aliphatic carbocycles. The predicted molar refractivity (Wildman–Crippen MR) is 44.8 cm³/mol. The van der Waals surface area contributed by atoms with Crippen LogP contribution in [0.4, 0.5) is 0 Å². The summed E-state index contributed by atoms with van der Waals surface area (Å²) >= 11 is 0. The minimum absolute atomic E-state index is 0.185. The van der Waals surface area contributed by atoms with E-state index >= 15 is 0 Å². The van der Waals surface area contributed by atoms with E-state index in [1.54, 1.807) is 6.20 Å². The van der Waals surface area contributed by atoms with Crippen LogP contribution in [-0.4, -0.2) is 17.4 Å². The van der Waals surface area contributed by atoms with Gasteiger partial charge in [-0.2, -0.15) is 0 Å². The van der Waals surface area contributed by atoms with Crippen LogP contribution in [0, 0.1) is 5.92 Å². The van der Waals surface area contributed by atoms with Gasteiger partial charge in [0.05, 0.1) is 0 Å². The third-order valence-corrected chi connectivity index (χ3v) is 1.60. The first-order valence-electron chi connectivity index (χ1n) is 4.03. The standard InChI is InChI=1S/C8H14N2O2/c1-5(2)3-6-4-9-8(12)10-7(6)11/h4-5,8-9,12H,3H2,1-2H3,(H,10,11). The van der Waals surface area contributed by atoms with E-state index in [0.717, 1.165) is 6.42 Å². The molecule has 0 radical (unpaired) electrons. The summed E-state index contributed by atoms with van der Waals surface area (Å²) in [5.74, 6) is 0.258. The second kappa shape index (κ2) is 3.58. The van der Waals surface area contributed by atoms with Crippen molar-refractivity contribution in [2.24, 2.45) is 5.92 Å². The summed E-state index contributed by atoms with van der Waals surface area (Å²) in [5, 5.41) is 13.9. The van der Waals surface area contributed by atoms with Crippen LogP contribution in [0.1, 0.15) is 20.3 Å². The van der Waals surface area contributed by atoms with Gasteiger partial charge < -0.3 is 15.7 Å². The Balaban J connectivity index is 2.58. The molecule has 0 aromatic carbocycles. The Morgan fingerprint density at radius 3 is 2.83 bits per heavy atom. The molecule has 0 aromatic heterocycles. The van der Waals surface area contributed by atoms with Crippen LogP contribution < -0.4 is 10.6 Å². The van der Waals surface area contributed by atoms with E-state index in [1.165, 1.54) is 0 Å². The molecule has 0 saturated heterocycles. The van der Waals surface area contributed by atoms with Gasteiger partial charge in [0, 0.05) is 11.8 Å². The molecule has 1 amide bonds. The van der Waals surface area contributed by atoms with Gasteiger partial charge in [0.1, 0.15) is 0 Å². The van der Waals surface area contributed by atoms with Gasteiger partial charge in [-0.05, 0) is 12.3 Å². The molecule has 4 nitrogen and oxygen atoms in total. The van der Waals surface area contributed by atoms with Gasteiger partial charge in [0.2, 0.25) is 6.35 Å². The average Bonchev–Trinajstić information content (AvgIpc) is 1.94. The fraction of sp³-hybridized carbons (Fsp3) is 0.625. The van der Waals surface area contributed by atoms with Crippen molar-refractivity contribution < 1.29 is 9.90 Å². The lowest BCUT2D eigenvalue weighted by Gasteiger charge is -2.21. The molecule has 1 heterocycles. The molecule has 3 N–H and O–H groups in total. The van der Waals surface area contributed by atoms with Gasteiger partial charge in [-0.25, -0.2) is 0 Å². The Labute approximate surface area is 71.7 Å². The van der Waals surface area contributed by atoms with Gasteiger partial charge >= 0.3 is 0 Å². The highest BCUT2D eigenvalue weighted by atomic mass is 16.3. The Morgan fingerprint density at radius 2 is 2.33 bits per heavy atom. The number of rotatable bonds is 2. The first-order chi connectivity index (χ1) is 5.59. The quantitative estimate of drug-likeness (QED) is 0.543. The average molecular weight is 170 g/mol. The zero-order valence-corrected chi connectivity index (χ0v) is 7.29. The van der Waals surface area contributed by atoms with Crippen LogP contribution in [0.15, 0.2) is 11.8 Å². The maximum atomic E-state index is 11.2. The maximum absolute atomic E-state index is 11.2. The van der Waals surface area contributed by atoms with Crippen LogP contribution in [0.3, 0.4) is 0 Å². The molecular weight excluding hydrogens is 156 g/mol. The van der Waals surface area contributed by atoms with Crippen molar-refractivity contribution in [3.63, 3.8) is 0 Å². The number of carbonyl (C=O) groups excluding carboxylic acids is 1. The Morgan fingerprint density at radius 1 is 1.67 bits per heavy atom. The van der Waals surface area contributed by atoms with Gasteiger partial charge in [-0.3, -0.25) is 4.79 Å². The van der Waals surface area contributed by atoms with Crippen molar-refractivity contribution in [1.29, 1.82) is 0 Å². The molecule has 0 spiro atoms. The van der Waals surface area contributed by atoms with Gasteiger partial charge in [0.15, 0.2) is 0 Å². The molecule has 1 rings (SSSR count). The first-order valence-corrected chi connectivity index (χ1v) is 4.03. The smallest absolute Gasteiger partial charge is 0.252 e. The van der Waals surface area contributed by atoms with Gasteiger partial charge in [0.25, 0.3) is 5.91 Å². The molecule has 12 heavy (non-hydrogen) atoms. The van der Waals surface area contributed by atoms with E-state index < -0.39 is 6.35 Å². The van der Waals surface area contributed by atoms with Crippen LogP contribution in [0.25, 0.3) is 0 Å². The molecule has 0 bridgehead atoms. The highest BCUT2D eigenvalue weighted by Crippen LogP contribution is 2.11. The van der Waals surface area contributed by atoms with Crippen molar-refractivity contribution in [2.45, 2.75) is 26.6 Å². The van der Waals surface area contributed by atoms with Crippen molar-refractivity contribution in [1.82, 2.24) is 10.6 Å². The molecule has 0 fully saturated rings. The van der Waals surface area contributed by atoms with Crippen LogP contribution in [0.5, 0.6) is 0 Å². The van der Waals surface area contributed by atoms with E-state index in [9.17, 15) is 4.79 Å². The Hall–Kier alpha value is -1.03. The van der Waals surface area contributed by atoms with Crippen molar-refractivity contribution >= 4 is 5.91 Å². The third kappa shape index (κ3) is 2.23. The third-order valence-electron chi connectivity index (χ3n) is 1.60. The van der Waals surface area contributed by atoms with Gasteiger partial charge in [-0.1, -0.05) is 13.8 Å². The molecule has 1 aliphatic heterocycles. The zero-order valence-electron chi connectivity index (χ0n) is 7.29. The summed E-state index contributed by atoms with van der Waals surface area (Å²) in [7, 11) is 0. The van der Waals surface area contributed by atoms with Crippen molar-refractivity contribution in [3.05, 3.63) is 11.8 Å². The second-order valence-corrected chi connectivity index (χ2v) is 3.31. The SMILES string of the molecule is CC(C)CC1=CNC(O)NC1=O. The first kappa shape index (κ1) is 9.06. The molecular formula is C8H14N2O2. The summed E-state index contributed by atoms with van der Waals surface area (Å²) in [6.07, 6.45) is 1.36. The Kier molecular flexibility index (Phi) is 2.70. The number of hydrogen-bond acceptors (Lipinski definition) is 3. The minimum Gasteiger partial charge on any atom is -0.356 e. The molecule has 1 aliphatic rings. The fourth-order valence-corrected chi connectivity index (χ4v) is 1.10. The largest absolute Gasteiger partial charge is 0.356 e. The molecule has 1 unspecified atom stereocenters. The number of amides is 1. The number of hydrogen-bond donors (Lipinski definition) is 3. The van der Waals surface area contributed by atoms with E-state index in [2.05, 4.69) is 10.6 Å². The lowest BCUT2D eigenvalue weighted by Crippen LogP contribution is -2.47. The fourth-order valence-electron chi connectivity index (χ4n) is 1.10.